The van der Waals surface area contributed by atoms with E-state index in [1.54, 1.807) is 150 Å². The normalized spacial score (nSPS) is 20.0. The first-order chi connectivity index (χ1) is 50.6. The van der Waals surface area contributed by atoms with Crippen LogP contribution in [0.3, 0.4) is 0 Å². The van der Waals surface area contributed by atoms with Crippen molar-refractivity contribution in [1.82, 2.24) is 0 Å². The molecule has 0 radical (unpaired) electrons. The van der Waals surface area contributed by atoms with Crippen LogP contribution >= 0.6 is 8.25 Å². The number of rotatable bonds is 28. The van der Waals surface area contributed by atoms with E-state index in [2.05, 4.69) is 20.8 Å². The summed E-state index contributed by atoms with van der Waals surface area (Å²) in [5.74, 6) is -5.14. The largest absolute Gasteiger partial charge is 0.566 e. The Hall–Kier alpha value is -10.8. The number of ether oxygens (including phenoxy) is 12. The fourth-order valence-corrected chi connectivity index (χ4v) is 12.3. The van der Waals surface area contributed by atoms with Gasteiger partial charge in [-0.25, -0.2) is 28.8 Å². The molecule has 1 unspecified atom stereocenters. The summed E-state index contributed by atoms with van der Waals surface area (Å²) in [7, 11) is -0.860. The molecule has 0 aliphatic carbocycles. The van der Waals surface area contributed by atoms with Crippen LogP contribution in [-0.4, -0.2) is 144 Å². The SMILES string of the molecule is CC[NH+](CC)CC.COc1ccc(C(OC[C@H]2O[C@@H](O[C@H]3[C@H](OC(=O)c4ccccc4)[C@H](OC(=O)c4ccccc4)[C@@H](O[P+](=O)[O-])O[C@@H]3COC(=O)c3ccccc3)[C@H](OC(=O)c3ccccc3)[C@@H](OC(=O)c3ccccc3)[C@H]2OC(=O)c2ccccc2)(c2ccccc2)c2ccc(OC)cc2)cc1. The standard InChI is InChI=1S/C75H63O21P.C6H15N/c1-84-57-42-38-55(39-43-57)75(54-36-22-9-23-37-54,56-40-44-58(85-2)45-41-56)87-47-60-61(90-68(77)49-26-12-4-13-27-49)63(91-69(78)50-28-14-5-15-29-50)65(93-71(80)52-32-18-7-19-33-52)73(88-60)95-62-59(46-86-67(76)48-24-10-3-11-25-48)89-74(96-97(82)83)66(94-72(81)53-34-20-8-21-35-53)64(62)92-70(79)51-30-16-6-17-31-51;1-4-7(5-2)6-3/h3-45,59-66,73-74H,46-47H2,1-2H3;4-6H2,1-3H3/p+1/t59-,60-,61+,62-,63+,64+,65-,66+,73+,74-;/m1./s1. The quantitative estimate of drug-likeness (QED) is 0.0207. The molecule has 23 heteroatoms. The van der Waals surface area contributed by atoms with Gasteiger partial charge in [-0.15, -0.1) is 4.52 Å². The van der Waals surface area contributed by atoms with Crippen molar-refractivity contribution >= 4 is 44.1 Å². The van der Waals surface area contributed by atoms with Crippen molar-refractivity contribution < 1.29 is 104 Å². The number of esters is 6. The molecule has 9 aromatic rings. The molecule has 0 aromatic heterocycles. The Morgan fingerprint density at radius 2 is 0.673 bits per heavy atom. The topological polar surface area (TPSA) is 267 Å². The molecule has 9 aromatic carbocycles. The fraction of sp³-hybridized carbons (Fsp3) is 0.259. The van der Waals surface area contributed by atoms with Gasteiger partial charge in [0.15, 0.2) is 36.8 Å². The van der Waals surface area contributed by atoms with E-state index in [1.165, 1.54) is 119 Å². The second-order valence-electron chi connectivity index (χ2n) is 23.8. The van der Waals surface area contributed by atoms with Crippen molar-refractivity contribution in [3.63, 3.8) is 0 Å². The van der Waals surface area contributed by atoms with E-state index in [9.17, 15) is 33.4 Å². The summed E-state index contributed by atoms with van der Waals surface area (Å²) in [6.45, 7) is 8.97. The van der Waals surface area contributed by atoms with E-state index in [1.807, 2.05) is 30.3 Å². The van der Waals surface area contributed by atoms with Gasteiger partial charge in [-0.05, 0) is 139 Å². The van der Waals surface area contributed by atoms with Crippen LogP contribution in [0.1, 0.15) is 99.6 Å². The van der Waals surface area contributed by atoms with Crippen LogP contribution in [0.25, 0.3) is 0 Å². The average molecular weight is 1430 g/mol. The van der Waals surface area contributed by atoms with Gasteiger partial charge in [0, 0.05) is 0 Å². The molecule has 2 aliphatic heterocycles. The summed E-state index contributed by atoms with van der Waals surface area (Å²) >= 11 is 0. The van der Waals surface area contributed by atoms with Crippen molar-refractivity contribution in [2.75, 3.05) is 47.1 Å². The van der Waals surface area contributed by atoms with Crippen LogP contribution in [0.5, 0.6) is 11.5 Å². The van der Waals surface area contributed by atoms with Gasteiger partial charge in [0.05, 0.1) is 73.8 Å². The highest BCUT2D eigenvalue weighted by Crippen LogP contribution is 2.44. The molecule has 0 saturated carbocycles. The molecule has 104 heavy (non-hydrogen) atoms. The highest BCUT2D eigenvalue weighted by atomic mass is 31.1. The zero-order chi connectivity index (χ0) is 73.4. The van der Waals surface area contributed by atoms with Crippen molar-refractivity contribution in [2.45, 2.75) is 87.8 Å². The van der Waals surface area contributed by atoms with Gasteiger partial charge in [0.1, 0.15) is 42.0 Å². The van der Waals surface area contributed by atoms with Gasteiger partial charge in [0.25, 0.3) is 6.29 Å². The monoisotopic (exact) mass is 1430 g/mol. The van der Waals surface area contributed by atoms with Crippen molar-refractivity contribution in [1.29, 1.82) is 0 Å². The number of hydrogen-bond acceptors (Lipinski definition) is 21. The second kappa shape index (κ2) is 37.4. The van der Waals surface area contributed by atoms with Crippen LogP contribution in [0.2, 0.25) is 0 Å². The molecule has 22 nitrogen and oxygen atoms in total. The molecule has 0 amide bonds. The Bertz CT molecular complexity index is 4170. The molecule has 11 rings (SSSR count). The van der Waals surface area contributed by atoms with E-state index >= 15 is 4.79 Å². The first-order valence-electron chi connectivity index (χ1n) is 33.8. The van der Waals surface area contributed by atoms with E-state index < -0.39 is 124 Å². The highest BCUT2D eigenvalue weighted by Gasteiger charge is 2.60. The number of quaternary nitrogens is 1. The van der Waals surface area contributed by atoms with E-state index in [0.717, 1.165) is 0 Å². The van der Waals surface area contributed by atoms with E-state index in [4.69, 9.17) is 61.4 Å². The Balaban J connectivity index is 0.00000158. The summed E-state index contributed by atoms with van der Waals surface area (Å²) in [4.78, 5) is 103. The number of carbonyl (C=O) groups is 6. The van der Waals surface area contributed by atoms with Crippen molar-refractivity contribution in [3.8, 4) is 11.5 Å². The number of methoxy groups -OCH3 is 2. The zero-order valence-electron chi connectivity index (χ0n) is 57.7. The lowest BCUT2D eigenvalue weighted by atomic mass is 9.80. The van der Waals surface area contributed by atoms with Gasteiger partial charge in [-0.3, -0.25) is 0 Å². The minimum atomic E-state index is -3.90. The lowest BCUT2D eigenvalue weighted by Crippen LogP contribution is -3.11. The van der Waals surface area contributed by atoms with Gasteiger partial charge < -0.3 is 66.6 Å². The molecule has 0 spiro atoms. The third-order valence-electron chi connectivity index (χ3n) is 17.5. The van der Waals surface area contributed by atoms with Gasteiger partial charge in [-0.1, -0.05) is 164 Å². The Morgan fingerprint density at radius 3 is 1.02 bits per heavy atom. The lowest BCUT2D eigenvalue weighted by Gasteiger charge is -2.48. The summed E-state index contributed by atoms with van der Waals surface area (Å²) in [6, 6.07) is 69.3. The van der Waals surface area contributed by atoms with E-state index in [-0.39, 0.29) is 33.4 Å². The maximum atomic E-state index is 15.0. The number of hydrogen-bond donors (Lipinski definition) is 1. The average Bonchev–Trinajstić information content (AvgIpc) is 0.756. The summed E-state index contributed by atoms with van der Waals surface area (Å²) in [5.41, 5.74) is -0.0730. The molecule has 2 saturated heterocycles. The Morgan fingerprint density at radius 1 is 0.375 bits per heavy atom. The van der Waals surface area contributed by atoms with Crippen molar-refractivity contribution in [2.24, 2.45) is 0 Å². The van der Waals surface area contributed by atoms with Gasteiger partial charge in [0.2, 0.25) is 0 Å². The van der Waals surface area contributed by atoms with Gasteiger partial charge >= 0.3 is 44.1 Å². The third-order valence-corrected chi connectivity index (χ3v) is 17.8. The van der Waals surface area contributed by atoms with Crippen LogP contribution in [-0.2, 0) is 62.1 Å². The summed E-state index contributed by atoms with van der Waals surface area (Å²) in [6.07, 6.45) is -20.1. The van der Waals surface area contributed by atoms with Crippen LogP contribution in [0.4, 0.5) is 0 Å². The molecule has 2 heterocycles. The molecule has 1 N–H and O–H groups in total. The number of carbonyl (C=O) groups excluding carboxylic acids is 6. The lowest BCUT2D eigenvalue weighted by molar-refractivity contribution is -0.894. The predicted molar refractivity (Wildman–Crippen MR) is 377 cm³/mol. The minimum absolute atomic E-state index is 0.0117. The molecular weight excluding hydrogens is 1350 g/mol. The maximum Gasteiger partial charge on any atom is 0.491 e. The molecule has 2 aliphatic rings. The fourth-order valence-electron chi connectivity index (χ4n) is 12.0. The summed E-state index contributed by atoms with van der Waals surface area (Å²) in [5, 5.41) is 0. The van der Waals surface area contributed by atoms with E-state index in [0.29, 0.717) is 28.2 Å². The minimum Gasteiger partial charge on any atom is -0.566 e. The molecule has 538 valence electrons. The molecular formula is C81H79NO21P+. The van der Waals surface area contributed by atoms with Crippen LogP contribution in [0.15, 0.2) is 261 Å². The maximum absolute atomic E-state index is 15.0. The number of nitrogens with one attached hydrogen (secondary N) is 1. The predicted octanol–water partition coefficient (Wildman–Crippen LogP) is 10.8. The molecule has 11 atom stereocenters. The summed E-state index contributed by atoms with van der Waals surface area (Å²) < 4.78 is 95.7. The second-order valence-corrected chi connectivity index (χ2v) is 24.4. The highest BCUT2D eigenvalue weighted by molar-refractivity contribution is 7.30. The smallest absolute Gasteiger partial charge is 0.491 e. The Labute approximate surface area is 603 Å². The van der Waals surface area contributed by atoms with Crippen LogP contribution in [0, 0.1) is 0 Å². The van der Waals surface area contributed by atoms with Crippen LogP contribution < -0.4 is 19.3 Å². The first-order valence-corrected chi connectivity index (χ1v) is 34.9. The first kappa shape index (κ1) is 75.9. The molecule has 0 bridgehead atoms. The number of benzene rings is 9. The molecule has 2 fully saturated rings. The zero-order valence-corrected chi connectivity index (χ0v) is 58.5. The third kappa shape index (κ3) is 19.3. The Kier molecular flexibility index (Phi) is 27.3. The van der Waals surface area contributed by atoms with Crippen molar-refractivity contribution in [3.05, 3.63) is 311 Å². The van der Waals surface area contributed by atoms with Gasteiger partial charge in [-0.2, -0.15) is 0 Å².